The molecule has 0 saturated carbocycles. The van der Waals surface area contributed by atoms with Crippen molar-refractivity contribution >= 4 is 17.7 Å². The molecule has 0 spiro atoms. The second-order valence-corrected chi connectivity index (χ2v) is 5.51. The van der Waals surface area contributed by atoms with Crippen molar-refractivity contribution in [1.29, 1.82) is 0 Å². The molecule has 0 atom stereocenters. The number of benzene rings is 1. The van der Waals surface area contributed by atoms with Gasteiger partial charge in [0.2, 0.25) is 0 Å². The van der Waals surface area contributed by atoms with Crippen LogP contribution in [0.2, 0.25) is 0 Å². The monoisotopic (exact) mass is 276 g/mol. The summed E-state index contributed by atoms with van der Waals surface area (Å²) >= 11 is 1.23. The summed E-state index contributed by atoms with van der Waals surface area (Å²) in [6.45, 7) is 6.00. The smallest absolute Gasteiger partial charge is 0.313 e. The maximum atomic E-state index is 10.7. The standard InChI is InChI=1S/C14H16N2O2S/c1-9-4-10(2)6-12(5-9)16-7-11(3)15-14(16)19-8-13(17)18/h4-7H,8H2,1-3H3,(H,17,18). The molecule has 1 aromatic heterocycles. The van der Waals surface area contributed by atoms with Crippen molar-refractivity contribution in [2.45, 2.75) is 25.9 Å². The molecule has 0 aliphatic heterocycles. The van der Waals surface area contributed by atoms with Crippen LogP contribution in [0.1, 0.15) is 16.8 Å². The lowest BCUT2D eigenvalue weighted by Gasteiger charge is -2.09. The lowest BCUT2D eigenvalue weighted by Crippen LogP contribution is -2.01. The average Bonchev–Trinajstić information content (AvgIpc) is 2.66. The Morgan fingerprint density at radius 3 is 2.47 bits per heavy atom. The zero-order valence-corrected chi connectivity index (χ0v) is 12.0. The number of aryl methyl sites for hydroxylation is 3. The van der Waals surface area contributed by atoms with Crippen LogP contribution in [0.3, 0.4) is 0 Å². The van der Waals surface area contributed by atoms with E-state index in [9.17, 15) is 4.79 Å². The lowest BCUT2D eigenvalue weighted by atomic mass is 10.1. The van der Waals surface area contributed by atoms with Crippen molar-refractivity contribution in [2.75, 3.05) is 5.75 Å². The van der Waals surface area contributed by atoms with Crippen LogP contribution in [0.4, 0.5) is 0 Å². The normalized spacial score (nSPS) is 10.7. The molecular formula is C14H16N2O2S. The predicted molar refractivity (Wildman–Crippen MR) is 76.1 cm³/mol. The number of aromatic nitrogens is 2. The van der Waals surface area contributed by atoms with Crippen molar-refractivity contribution in [2.24, 2.45) is 0 Å². The topological polar surface area (TPSA) is 55.1 Å². The van der Waals surface area contributed by atoms with Crippen molar-refractivity contribution in [3.05, 3.63) is 41.2 Å². The first-order valence-corrected chi connectivity index (χ1v) is 6.93. The van der Waals surface area contributed by atoms with Gasteiger partial charge in [-0.05, 0) is 44.0 Å². The SMILES string of the molecule is Cc1cc(C)cc(-n2cc(C)nc2SCC(=O)O)c1. The van der Waals surface area contributed by atoms with Crippen LogP contribution in [0.15, 0.2) is 29.6 Å². The van der Waals surface area contributed by atoms with Crippen LogP contribution in [-0.2, 0) is 4.79 Å². The van der Waals surface area contributed by atoms with E-state index in [-0.39, 0.29) is 5.75 Å². The molecule has 1 heterocycles. The van der Waals surface area contributed by atoms with E-state index in [1.54, 1.807) is 0 Å². The maximum Gasteiger partial charge on any atom is 0.313 e. The molecule has 1 aromatic carbocycles. The average molecular weight is 276 g/mol. The third kappa shape index (κ3) is 3.38. The van der Waals surface area contributed by atoms with Crippen LogP contribution in [0.5, 0.6) is 0 Å². The van der Waals surface area contributed by atoms with E-state index in [1.807, 2.05) is 31.5 Å². The van der Waals surface area contributed by atoms with Gasteiger partial charge in [-0.3, -0.25) is 9.36 Å². The van der Waals surface area contributed by atoms with Gasteiger partial charge in [-0.1, -0.05) is 17.8 Å². The molecule has 0 aliphatic carbocycles. The van der Waals surface area contributed by atoms with Crippen molar-refractivity contribution in [1.82, 2.24) is 9.55 Å². The van der Waals surface area contributed by atoms with E-state index < -0.39 is 5.97 Å². The summed E-state index contributed by atoms with van der Waals surface area (Å²) in [7, 11) is 0. The lowest BCUT2D eigenvalue weighted by molar-refractivity contribution is -0.133. The highest BCUT2D eigenvalue weighted by Gasteiger charge is 2.10. The van der Waals surface area contributed by atoms with Gasteiger partial charge in [-0.25, -0.2) is 4.98 Å². The van der Waals surface area contributed by atoms with Crippen LogP contribution in [0.25, 0.3) is 5.69 Å². The molecule has 1 N–H and O–H groups in total. The molecule has 0 fully saturated rings. The Hall–Kier alpha value is -1.75. The molecule has 4 nitrogen and oxygen atoms in total. The molecule has 5 heteroatoms. The number of rotatable bonds is 4. The number of carboxylic acid groups (broad SMARTS) is 1. The van der Waals surface area contributed by atoms with Crippen LogP contribution in [-0.4, -0.2) is 26.4 Å². The van der Waals surface area contributed by atoms with Gasteiger partial charge < -0.3 is 5.11 Å². The molecule has 2 rings (SSSR count). The Bertz CT molecular complexity index is 600. The number of imidazole rings is 1. The minimum absolute atomic E-state index is 0.0151. The maximum absolute atomic E-state index is 10.7. The van der Waals surface area contributed by atoms with Gasteiger partial charge in [0.1, 0.15) is 0 Å². The molecule has 0 saturated heterocycles. The molecular weight excluding hydrogens is 260 g/mol. The van der Waals surface area contributed by atoms with Gasteiger partial charge in [0.15, 0.2) is 5.16 Å². The fraction of sp³-hybridized carbons (Fsp3) is 0.286. The molecule has 0 unspecified atom stereocenters. The van der Waals surface area contributed by atoms with Crippen molar-refractivity contribution in [3.8, 4) is 5.69 Å². The summed E-state index contributed by atoms with van der Waals surface area (Å²) in [6.07, 6.45) is 1.93. The van der Waals surface area contributed by atoms with Gasteiger partial charge in [-0.15, -0.1) is 0 Å². The van der Waals surface area contributed by atoms with Crippen LogP contribution in [0, 0.1) is 20.8 Å². The molecule has 0 amide bonds. The number of hydrogen-bond acceptors (Lipinski definition) is 3. The summed E-state index contributed by atoms with van der Waals surface area (Å²) in [5, 5.41) is 9.49. The zero-order valence-electron chi connectivity index (χ0n) is 11.2. The molecule has 0 bridgehead atoms. The Kier molecular flexibility index (Phi) is 3.95. The summed E-state index contributed by atoms with van der Waals surface area (Å²) in [5.41, 5.74) is 4.25. The largest absolute Gasteiger partial charge is 0.481 e. The first-order chi connectivity index (χ1) is 8.95. The second kappa shape index (κ2) is 5.48. The van der Waals surface area contributed by atoms with E-state index in [0.717, 1.165) is 11.4 Å². The van der Waals surface area contributed by atoms with E-state index in [4.69, 9.17) is 5.11 Å². The Morgan fingerprint density at radius 1 is 1.26 bits per heavy atom. The fourth-order valence-corrected chi connectivity index (χ4v) is 2.74. The zero-order chi connectivity index (χ0) is 14.0. The van der Waals surface area contributed by atoms with Crippen molar-refractivity contribution in [3.63, 3.8) is 0 Å². The molecule has 0 radical (unpaired) electrons. The van der Waals surface area contributed by atoms with E-state index in [0.29, 0.717) is 5.16 Å². The number of nitrogens with zero attached hydrogens (tertiary/aromatic N) is 2. The first-order valence-electron chi connectivity index (χ1n) is 5.95. The molecule has 2 aromatic rings. The highest BCUT2D eigenvalue weighted by atomic mass is 32.2. The first kappa shape index (κ1) is 13.7. The second-order valence-electron chi connectivity index (χ2n) is 4.56. The highest BCUT2D eigenvalue weighted by Crippen LogP contribution is 2.23. The minimum atomic E-state index is -0.836. The van der Waals surface area contributed by atoms with E-state index in [1.165, 1.54) is 22.9 Å². The van der Waals surface area contributed by atoms with Gasteiger partial charge in [0.05, 0.1) is 11.4 Å². The molecule has 100 valence electrons. The number of aliphatic carboxylic acids is 1. The third-order valence-corrected chi connectivity index (χ3v) is 3.54. The summed E-state index contributed by atoms with van der Waals surface area (Å²) in [4.78, 5) is 15.1. The number of thioether (sulfide) groups is 1. The van der Waals surface area contributed by atoms with Crippen LogP contribution >= 0.6 is 11.8 Å². The Balaban J connectivity index is 2.40. The Morgan fingerprint density at radius 2 is 1.89 bits per heavy atom. The number of carboxylic acids is 1. The third-order valence-electron chi connectivity index (χ3n) is 2.60. The summed E-state index contributed by atoms with van der Waals surface area (Å²) in [5.74, 6) is -0.820. The van der Waals surface area contributed by atoms with Crippen molar-refractivity contribution < 1.29 is 9.90 Å². The number of hydrogen-bond donors (Lipinski definition) is 1. The van der Waals surface area contributed by atoms with Crippen LogP contribution < -0.4 is 0 Å². The number of carbonyl (C=O) groups is 1. The molecule has 19 heavy (non-hydrogen) atoms. The minimum Gasteiger partial charge on any atom is -0.481 e. The van der Waals surface area contributed by atoms with E-state index in [2.05, 4.69) is 23.2 Å². The summed E-state index contributed by atoms with van der Waals surface area (Å²) < 4.78 is 1.95. The predicted octanol–water partition coefficient (Wildman–Crippen LogP) is 2.97. The highest BCUT2D eigenvalue weighted by molar-refractivity contribution is 7.99. The summed E-state index contributed by atoms with van der Waals surface area (Å²) in [6, 6.07) is 6.25. The van der Waals surface area contributed by atoms with Gasteiger partial charge in [-0.2, -0.15) is 0 Å². The molecule has 0 aliphatic rings. The van der Waals surface area contributed by atoms with E-state index >= 15 is 0 Å². The Labute approximate surface area is 116 Å². The van der Waals surface area contributed by atoms with Gasteiger partial charge in [0.25, 0.3) is 0 Å². The fourth-order valence-electron chi connectivity index (χ4n) is 1.98. The quantitative estimate of drug-likeness (QED) is 0.872. The van der Waals surface area contributed by atoms with Gasteiger partial charge >= 0.3 is 5.97 Å². The van der Waals surface area contributed by atoms with Gasteiger partial charge in [0, 0.05) is 11.9 Å².